The lowest BCUT2D eigenvalue weighted by Gasteiger charge is -2.09. The zero-order chi connectivity index (χ0) is 14.4. The Morgan fingerprint density at radius 3 is 2.47 bits per heavy atom. The second kappa shape index (κ2) is 6.83. The van der Waals surface area contributed by atoms with Crippen LogP contribution < -0.4 is 5.32 Å². The number of amides is 1. The monoisotopic (exact) mass is 330 g/mol. The third-order valence-corrected chi connectivity index (χ3v) is 2.94. The van der Waals surface area contributed by atoms with Crippen molar-refractivity contribution in [2.45, 2.75) is 4.83 Å². The number of nitro benzene ring substituents is 1. The van der Waals surface area contributed by atoms with Gasteiger partial charge in [-0.2, -0.15) is 0 Å². The number of nitrogens with zero attached hydrogens (tertiary/aromatic N) is 1. The molecule has 7 nitrogen and oxygen atoms in total. The number of hydrogen-bond acceptors (Lipinski definition) is 5. The summed E-state index contributed by atoms with van der Waals surface area (Å²) in [5, 5.41) is 13.0. The van der Waals surface area contributed by atoms with E-state index in [4.69, 9.17) is 0 Å². The lowest BCUT2D eigenvalue weighted by molar-refractivity contribution is -0.384. The first-order valence-corrected chi connectivity index (χ1v) is 6.12. The fourth-order valence-corrected chi connectivity index (χ4v) is 1.58. The lowest BCUT2D eigenvalue weighted by Crippen LogP contribution is -2.33. The number of rotatable bonds is 5. The molecular formula is C11H11BrN2O5. The van der Waals surface area contributed by atoms with E-state index in [0.29, 0.717) is 0 Å². The van der Waals surface area contributed by atoms with Gasteiger partial charge in [0, 0.05) is 24.2 Å². The van der Waals surface area contributed by atoms with Crippen molar-refractivity contribution >= 4 is 33.5 Å². The van der Waals surface area contributed by atoms with E-state index in [-0.39, 0.29) is 17.8 Å². The number of nitrogens with one attached hydrogen (secondary N) is 1. The standard InChI is InChI=1S/C11H11BrN2O5/c1-19-11(16)9(12)6-13-10(15)7-2-4-8(5-3-7)14(17)18/h2-5,9H,6H2,1H3,(H,13,15). The van der Waals surface area contributed by atoms with Gasteiger partial charge in [-0.25, -0.2) is 0 Å². The first kappa shape index (κ1) is 15.1. The number of halogens is 1. The topological polar surface area (TPSA) is 98.5 Å². The molecule has 0 saturated heterocycles. The Balaban J connectivity index is 2.59. The summed E-state index contributed by atoms with van der Waals surface area (Å²) < 4.78 is 4.48. The summed E-state index contributed by atoms with van der Waals surface area (Å²) in [6, 6.07) is 5.16. The molecule has 1 aromatic rings. The molecule has 1 rings (SSSR count). The maximum absolute atomic E-state index is 11.7. The molecular weight excluding hydrogens is 320 g/mol. The Bertz CT molecular complexity index is 488. The molecule has 0 radical (unpaired) electrons. The zero-order valence-electron chi connectivity index (χ0n) is 9.96. The number of benzene rings is 1. The summed E-state index contributed by atoms with van der Waals surface area (Å²) in [6.07, 6.45) is 0. The van der Waals surface area contributed by atoms with Crippen molar-refractivity contribution in [1.82, 2.24) is 5.32 Å². The number of esters is 1. The predicted octanol–water partition coefficient (Wildman–Crippen LogP) is 1.26. The van der Waals surface area contributed by atoms with Gasteiger partial charge in [0.15, 0.2) is 0 Å². The Hall–Kier alpha value is -1.96. The molecule has 1 N–H and O–H groups in total. The molecule has 1 amide bonds. The minimum atomic E-state index is -0.639. The molecule has 0 spiro atoms. The van der Waals surface area contributed by atoms with Crippen LogP contribution in [0.15, 0.2) is 24.3 Å². The van der Waals surface area contributed by atoms with Crippen molar-refractivity contribution in [2.24, 2.45) is 0 Å². The van der Waals surface area contributed by atoms with Crippen LogP contribution in [0.25, 0.3) is 0 Å². The average Bonchev–Trinajstić information content (AvgIpc) is 2.43. The van der Waals surface area contributed by atoms with Gasteiger partial charge < -0.3 is 10.1 Å². The smallest absolute Gasteiger partial charge is 0.321 e. The van der Waals surface area contributed by atoms with E-state index in [9.17, 15) is 19.7 Å². The van der Waals surface area contributed by atoms with Gasteiger partial charge in [0.05, 0.1) is 12.0 Å². The van der Waals surface area contributed by atoms with Crippen LogP contribution in [-0.4, -0.2) is 35.3 Å². The summed E-state index contributed by atoms with van der Waals surface area (Å²) in [6.45, 7) is 0.0580. The fraction of sp³-hybridized carbons (Fsp3) is 0.273. The number of non-ortho nitro benzene ring substituents is 1. The highest BCUT2D eigenvalue weighted by Gasteiger charge is 2.17. The van der Waals surface area contributed by atoms with E-state index in [1.807, 2.05) is 0 Å². The second-order valence-electron chi connectivity index (χ2n) is 3.50. The molecule has 0 aliphatic heterocycles. The molecule has 0 fully saturated rings. The first-order chi connectivity index (χ1) is 8.95. The van der Waals surface area contributed by atoms with Gasteiger partial charge in [-0.05, 0) is 12.1 Å². The molecule has 0 saturated carbocycles. The van der Waals surface area contributed by atoms with Gasteiger partial charge in [0.1, 0.15) is 4.83 Å². The molecule has 0 bridgehead atoms. The van der Waals surface area contributed by atoms with Crippen molar-refractivity contribution in [3.05, 3.63) is 39.9 Å². The van der Waals surface area contributed by atoms with Gasteiger partial charge in [-0.3, -0.25) is 19.7 Å². The maximum Gasteiger partial charge on any atom is 0.321 e. The van der Waals surface area contributed by atoms with Crippen LogP contribution in [0.1, 0.15) is 10.4 Å². The number of ether oxygens (including phenoxy) is 1. The number of hydrogen-bond donors (Lipinski definition) is 1. The number of alkyl halides is 1. The summed E-state index contributed by atoms with van der Waals surface area (Å²) in [4.78, 5) is 32.0. The van der Waals surface area contributed by atoms with E-state index in [2.05, 4.69) is 26.0 Å². The molecule has 1 unspecified atom stereocenters. The predicted molar refractivity (Wildman–Crippen MR) is 70.2 cm³/mol. The molecule has 0 heterocycles. The van der Waals surface area contributed by atoms with Gasteiger partial charge in [0.2, 0.25) is 0 Å². The normalized spacial score (nSPS) is 11.5. The van der Waals surface area contributed by atoms with Crippen LogP contribution in [0, 0.1) is 10.1 Å². The van der Waals surface area contributed by atoms with Crippen LogP contribution >= 0.6 is 15.9 Å². The lowest BCUT2D eigenvalue weighted by atomic mass is 10.2. The van der Waals surface area contributed by atoms with E-state index < -0.39 is 21.6 Å². The van der Waals surface area contributed by atoms with E-state index in [1.165, 1.54) is 31.4 Å². The van der Waals surface area contributed by atoms with Crippen LogP contribution in [0.5, 0.6) is 0 Å². The Morgan fingerprint density at radius 1 is 1.42 bits per heavy atom. The molecule has 19 heavy (non-hydrogen) atoms. The third-order valence-electron chi connectivity index (χ3n) is 2.24. The minimum absolute atomic E-state index is 0.0580. The summed E-state index contributed by atoms with van der Waals surface area (Å²) in [7, 11) is 1.24. The van der Waals surface area contributed by atoms with Crippen LogP contribution in [-0.2, 0) is 9.53 Å². The highest BCUT2D eigenvalue weighted by atomic mass is 79.9. The van der Waals surface area contributed by atoms with E-state index >= 15 is 0 Å². The van der Waals surface area contributed by atoms with Gasteiger partial charge in [-0.1, -0.05) is 15.9 Å². The molecule has 102 valence electrons. The third kappa shape index (κ3) is 4.32. The first-order valence-electron chi connectivity index (χ1n) is 5.20. The largest absolute Gasteiger partial charge is 0.468 e. The van der Waals surface area contributed by atoms with Crippen molar-refractivity contribution < 1.29 is 19.2 Å². The van der Waals surface area contributed by atoms with Crippen molar-refractivity contribution in [3.63, 3.8) is 0 Å². The SMILES string of the molecule is COC(=O)C(Br)CNC(=O)c1ccc([N+](=O)[O-])cc1. The molecule has 0 aliphatic carbocycles. The van der Waals surface area contributed by atoms with Gasteiger partial charge in [0.25, 0.3) is 11.6 Å². The Kier molecular flexibility index (Phi) is 5.43. The number of methoxy groups -OCH3 is 1. The van der Waals surface area contributed by atoms with Gasteiger partial charge in [-0.15, -0.1) is 0 Å². The Labute approximate surface area is 117 Å². The zero-order valence-corrected chi connectivity index (χ0v) is 11.5. The van der Waals surface area contributed by atoms with E-state index in [1.54, 1.807) is 0 Å². The number of carbonyl (C=O) groups excluding carboxylic acids is 2. The summed E-state index contributed by atoms with van der Waals surface area (Å²) in [5.74, 6) is -0.924. The van der Waals surface area contributed by atoms with E-state index in [0.717, 1.165) is 0 Å². The second-order valence-corrected chi connectivity index (χ2v) is 4.61. The molecule has 8 heteroatoms. The summed E-state index contributed by atoms with van der Waals surface area (Å²) >= 11 is 3.06. The number of carbonyl (C=O) groups is 2. The minimum Gasteiger partial charge on any atom is -0.468 e. The fourth-order valence-electron chi connectivity index (χ4n) is 1.23. The molecule has 1 atom stereocenters. The summed E-state index contributed by atoms with van der Waals surface area (Å²) in [5.41, 5.74) is 0.180. The highest BCUT2D eigenvalue weighted by molar-refractivity contribution is 9.10. The quantitative estimate of drug-likeness (QED) is 0.379. The van der Waals surface area contributed by atoms with Crippen LogP contribution in [0.2, 0.25) is 0 Å². The van der Waals surface area contributed by atoms with Crippen molar-refractivity contribution in [2.75, 3.05) is 13.7 Å². The van der Waals surface area contributed by atoms with Crippen molar-refractivity contribution in [1.29, 1.82) is 0 Å². The number of nitro groups is 1. The molecule has 0 aromatic heterocycles. The van der Waals surface area contributed by atoms with Crippen LogP contribution in [0.3, 0.4) is 0 Å². The average molecular weight is 331 g/mol. The maximum atomic E-state index is 11.7. The van der Waals surface area contributed by atoms with Crippen LogP contribution in [0.4, 0.5) is 5.69 Å². The highest BCUT2D eigenvalue weighted by Crippen LogP contribution is 2.11. The molecule has 1 aromatic carbocycles. The van der Waals surface area contributed by atoms with Crippen molar-refractivity contribution in [3.8, 4) is 0 Å². The molecule has 0 aliphatic rings. The Morgan fingerprint density at radius 2 is 2.00 bits per heavy atom. The van der Waals surface area contributed by atoms with Gasteiger partial charge >= 0.3 is 5.97 Å².